The maximum absolute atomic E-state index is 12.5. The number of nitrogens with zero attached hydrogens (tertiary/aromatic N) is 2. The molecule has 0 radical (unpaired) electrons. The van der Waals surface area contributed by atoms with Crippen molar-refractivity contribution in [2.24, 2.45) is 5.92 Å². The second-order valence-electron chi connectivity index (χ2n) is 9.35. The van der Waals surface area contributed by atoms with E-state index >= 15 is 0 Å². The minimum atomic E-state index is -0.443. The van der Waals surface area contributed by atoms with E-state index in [4.69, 9.17) is 19.2 Å². The van der Waals surface area contributed by atoms with E-state index in [9.17, 15) is 9.59 Å². The highest BCUT2D eigenvalue weighted by Gasteiger charge is 2.11. The molecule has 196 valence electrons. The van der Waals surface area contributed by atoms with Crippen molar-refractivity contribution in [2.45, 2.75) is 71.6 Å². The molecule has 0 fully saturated rings. The number of esters is 1. The van der Waals surface area contributed by atoms with Crippen molar-refractivity contribution in [3.63, 3.8) is 0 Å². The molecule has 0 spiro atoms. The minimum Gasteiger partial charge on any atom is -0.478 e. The zero-order valence-electron chi connectivity index (χ0n) is 21.8. The van der Waals surface area contributed by atoms with E-state index in [2.05, 4.69) is 11.1 Å². The van der Waals surface area contributed by atoms with Crippen LogP contribution in [0.15, 0.2) is 51.8 Å². The number of fused-ring (bicyclic) bond motifs is 1. The molecule has 7 nitrogen and oxygen atoms in total. The molecular formula is C30H36N2O5. The molecule has 2 heterocycles. The van der Waals surface area contributed by atoms with Gasteiger partial charge in [-0.3, -0.25) is 4.79 Å². The van der Waals surface area contributed by atoms with Gasteiger partial charge < -0.3 is 13.9 Å². The van der Waals surface area contributed by atoms with Crippen molar-refractivity contribution in [1.82, 2.24) is 4.98 Å². The second kappa shape index (κ2) is 14.8. The summed E-state index contributed by atoms with van der Waals surface area (Å²) in [6, 6.07) is 12.3. The number of unbranched alkanes of at least 4 members (excludes halogenated alkanes) is 7. The zero-order valence-corrected chi connectivity index (χ0v) is 21.8. The van der Waals surface area contributed by atoms with Crippen LogP contribution in [0.5, 0.6) is 5.88 Å². The third-order valence-electron chi connectivity index (χ3n) is 6.47. The second-order valence-corrected chi connectivity index (χ2v) is 9.35. The lowest BCUT2D eigenvalue weighted by atomic mass is 10.1. The summed E-state index contributed by atoms with van der Waals surface area (Å²) in [5.41, 5.74) is 1.64. The Morgan fingerprint density at radius 2 is 1.65 bits per heavy atom. The first-order chi connectivity index (χ1) is 18.0. The number of pyridine rings is 1. The van der Waals surface area contributed by atoms with Gasteiger partial charge in [0, 0.05) is 17.6 Å². The van der Waals surface area contributed by atoms with Crippen LogP contribution < -0.4 is 10.4 Å². The first-order valence-electron chi connectivity index (χ1n) is 13.3. The monoisotopic (exact) mass is 504 g/mol. The van der Waals surface area contributed by atoms with Gasteiger partial charge in [0.15, 0.2) is 0 Å². The Hall–Kier alpha value is -3.66. The van der Waals surface area contributed by atoms with Gasteiger partial charge in [-0.1, -0.05) is 64.5 Å². The van der Waals surface area contributed by atoms with Gasteiger partial charge in [0.1, 0.15) is 5.58 Å². The topological polar surface area (TPSA) is 102 Å². The molecule has 7 heteroatoms. The molecule has 3 aromatic rings. The van der Waals surface area contributed by atoms with E-state index in [-0.39, 0.29) is 11.9 Å². The summed E-state index contributed by atoms with van der Waals surface area (Å²) in [5, 5.41) is 9.66. The fourth-order valence-electron chi connectivity index (χ4n) is 3.92. The Balaban J connectivity index is 1.32. The third-order valence-corrected chi connectivity index (χ3v) is 6.47. The van der Waals surface area contributed by atoms with Crippen molar-refractivity contribution >= 4 is 16.9 Å². The molecule has 0 saturated heterocycles. The van der Waals surface area contributed by atoms with Gasteiger partial charge >= 0.3 is 11.6 Å². The van der Waals surface area contributed by atoms with Crippen molar-refractivity contribution in [3.05, 3.63) is 58.6 Å². The number of hydrogen-bond donors (Lipinski definition) is 0. The SMILES string of the molecule is CCC(C)C(=O)OCCCCCCCCCCOc1cc2oc(=O)c(-c3ccc(C#N)cc3)cc2cn1. The fourth-order valence-corrected chi connectivity index (χ4v) is 3.92. The standard InChI is InChI=1S/C30H36N2O5/c1-3-22(2)29(33)36-17-11-9-7-5-4-6-8-10-16-35-28-19-27-25(21-32-28)18-26(30(34)37-27)24-14-12-23(20-31)13-15-24/h12-15,18-19,21-22H,3-11,16-17H2,1-2H3. The lowest BCUT2D eigenvalue weighted by Gasteiger charge is -2.09. The molecule has 0 saturated carbocycles. The molecule has 1 atom stereocenters. The summed E-state index contributed by atoms with van der Waals surface area (Å²) in [6.45, 7) is 4.99. The van der Waals surface area contributed by atoms with E-state index < -0.39 is 5.63 Å². The van der Waals surface area contributed by atoms with E-state index in [0.29, 0.717) is 46.8 Å². The third kappa shape index (κ3) is 8.75. The summed E-state index contributed by atoms with van der Waals surface area (Å²) in [6.07, 6.45) is 11.2. The quantitative estimate of drug-likeness (QED) is 0.165. The molecule has 0 aliphatic heterocycles. The number of ether oxygens (including phenoxy) is 2. The van der Waals surface area contributed by atoms with E-state index in [1.54, 1.807) is 42.6 Å². The summed E-state index contributed by atoms with van der Waals surface area (Å²) in [4.78, 5) is 28.5. The minimum absolute atomic E-state index is 0.00372. The Bertz CT molecular complexity index is 1240. The normalized spacial score (nSPS) is 11.7. The van der Waals surface area contributed by atoms with Crippen molar-refractivity contribution in [2.75, 3.05) is 13.2 Å². The summed E-state index contributed by atoms with van der Waals surface area (Å²) >= 11 is 0. The summed E-state index contributed by atoms with van der Waals surface area (Å²) < 4.78 is 16.6. The molecule has 0 aliphatic carbocycles. The van der Waals surface area contributed by atoms with Gasteiger partial charge in [0.05, 0.1) is 36.3 Å². The van der Waals surface area contributed by atoms with Crippen LogP contribution in [-0.2, 0) is 9.53 Å². The highest BCUT2D eigenvalue weighted by molar-refractivity contribution is 5.81. The molecule has 1 aromatic carbocycles. The number of carbonyl (C=O) groups excluding carboxylic acids is 1. The van der Waals surface area contributed by atoms with Crippen LogP contribution in [0.25, 0.3) is 22.1 Å². The van der Waals surface area contributed by atoms with Crippen LogP contribution in [-0.4, -0.2) is 24.2 Å². The summed E-state index contributed by atoms with van der Waals surface area (Å²) in [7, 11) is 0. The van der Waals surface area contributed by atoms with Crippen molar-refractivity contribution < 1.29 is 18.7 Å². The first-order valence-corrected chi connectivity index (χ1v) is 13.3. The van der Waals surface area contributed by atoms with Crippen LogP contribution in [0.3, 0.4) is 0 Å². The first kappa shape index (κ1) is 27.9. The Labute approximate surface area is 218 Å². The predicted molar refractivity (Wildman–Crippen MR) is 143 cm³/mol. The number of carbonyl (C=O) groups is 1. The number of rotatable bonds is 15. The molecule has 37 heavy (non-hydrogen) atoms. The molecule has 2 aromatic heterocycles. The fraction of sp³-hybridized carbons (Fsp3) is 0.467. The summed E-state index contributed by atoms with van der Waals surface area (Å²) in [5.74, 6) is 0.355. The average molecular weight is 505 g/mol. The lowest BCUT2D eigenvalue weighted by molar-refractivity contribution is -0.148. The van der Waals surface area contributed by atoms with Crippen molar-refractivity contribution in [3.8, 4) is 23.1 Å². The van der Waals surface area contributed by atoms with E-state index in [0.717, 1.165) is 44.9 Å². The van der Waals surface area contributed by atoms with Gasteiger partial charge in [-0.2, -0.15) is 5.26 Å². The highest BCUT2D eigenvalue weighted by atomic mass is 16.5. The molecule has 0 N–H and O–H groups in total. The Morgan fingerprint density at radius 1 is 1.00 bits per heavy atom. The number of hydrogen-bond acceptors (Lipinski definition) is 7. The smallest absolute Gasteiger partial charge is 0.344 e. The molecule has 0 bridgehead atoms. The predicted octanol–water partition coefficient (Wildman–Crippen LogP) is 6.82. The lowest BCUT2D eigenvalue weighted by Crippen LogP contribution is -2.14. The largest absolute Gasteiger partial charge is 0.478 e. The van der Waals surface area contributed by atoms with E-state index in [1.165, 1.54) is 12.8 Å². The Morgan fingerprint density at radius 3 is 2.30 bits per heavy atom. The number of nitriles is 1. The molecule has 0 aliphatic rings. The number of benzene rings is 1. The van der Waals surface area contributed by atoms with Gasteiger partial charge in [0.25, 0.3) is 0 Å². The maximum Gasteiger partial charge on any atom is 0.344 e. The van der Waals surface area contributed by atoms with Gasteiger partial charge in [0.2, 0.25) is 5.88 Å². The van der Waals surface area contributed by atoms with Gasteiger partial charge in [-0.15, -0.1) is 0 Å². The van der Waals surface area contributed by atoms with Gasteiger partial charge in [-0.25, -0.2) is 9.78 Å². The zero-order chi connectivity index (χ0) is 26.5. The molecule has 3 rings (SSSR count). The van der Waals surface area contributed by atoms with Gasteiger partial charge in [-0.05, 0) is 43.0 Å². The van der Waals surface area contributed by atoms with E-state index in [1.807, 2.05) is 13.8 Å². The molecule has 1 unspecified atom stereocenters. The molecular weight excluding hydrogens is 468 g/mol. The molecule has 0 amide bonds. The average Bonchev–Trinajstić information content (AvgIpc) is 2.92. The van der Waals surface area contributed by atoms with Crippen LogP contribution in [0, 0.1) is 17.2 Å². The number of aromatic nitrogens is 1. The van der Waals surface area contributed by atoms with Crippen LogP contribution >= 0.6 is 0 Å². The van der Waals surface area contributed by atoms with Crippen molar-refractivity contribution in [1.29, 1.82) is 5.26 Å². The highest BCUT2D eigenvalue weighted by Crippen LogP contribution is 2.23. The van der Waals surface area contributed by atoms with Crippen LogP contribution in [0.4, 0.5) is 0 Å². The van der Waals surface area contributed by atoms with Crippen LogP contribution in [0.2, 0.25) is 0 Å². The maximum atomic E-state index is 12.5. The van der Waals surface area contributed by atoms with Crippen LogP contribution in [0.1, 0.15) is 77.2 Å². The Kier molecular flexibility index (Phi) is 11.2.